The highest BCUT2D eigenvalue weighted by atomic mass is 16.5. The van der Waals surface area contributed by atoms with E-state index in [-0.39, 0.29) is 6.61 Å². The van der Waals surface area contributed by atoms with Crippen LogP contribution >= 0.6 is 0 Å². The monoisotopic (exact) mass is 264 g/mol. The van der Waals surface area contributed by atoms with Crippen molar-refractivity contribution in [1.29, 1.82) is 0 Å². The van der Waals surface area contributed by atoms with Crippen molar-refractivity contribution in [3.63, 3.8) is 0 Å². The minimum atomic E-state index is -0.664. The fourth-order valence-corrected chi connectivity index (χ4v) is 1.60. The topological polar surface area (TPSA) is 81.4 Å². The predicted octanol–water partition coefficient (Wildman–Crippen LogP) is 1.96. The van der Waals surface area contributed by atoms with Gasteiger partial charge in [0.15, 0.2) is 0 Å². The number of benzene rings is 1. The summed E-state index contributed by atoms with van der Waals surface area (Å²) in [5.41, 5.74) is 6.11. The van der Waals surface area contributed by atoms with Crippen molar-refractivity contribution >= 4 is 12.0 Å². The van der Waals surface area contributed by atoms with E-state index in [0.717, 1.165) is 18.4 Å². The lowest BCUT2D eigenvalue weighted by Crippen LogP contribution is -2.44. The average Bonchev–Trinajstić information content (AvgIpc) is 2.42. The van der Waals surface area contributed by atoms with Crippen molar-refractivity contribution in [2.75, 3.05) is 0 Å². The summed E-state index contributed by atoms with van der Waals surface area (Å²) >= 11 is 0. The molecular formula is C14H20N2O3. The van der Waals surface area contributed by atoms with Crippen molar-refractivity contribution < 1.29 is 14.3 Å². The minimum Gasteiger partial charge on any atom is -0.445 e. The van der Waals surface area contributed by atoms with E-state index in [4.69, 9.17) is 10.5 Å². The van der Waals surface area contributed by atoms with E-state index in [9.17, 15) is 9.59 Å². The normalized spacial score (nSPS) is 11.6. The Kier molecular flexibility index (Phi) is 6.43. The number of ether oxygens (including phenoxy) is 1. The van der Waals surface area contributed by atoms with Crippen LogP contribution in [0.5, 0.6) is 0 Å². The number of hydrogen-bond donors (Lipinski definition) is 2. The molecule has 0 aliphatic rings. The molecule has 0 aliphatic heterocycles. The smallest absolute Gasteiger partial charge is 0.408 e. The second-order valence-corrected chi connectivity index (χ2v) is 4.30. The van der Waals surface area contributed by atoms with Gasteiger partial charge < -0.3 is 15.8 Å². The molecule has 5 heteroatoms. The molecule has 1 atom stereocenters. The number of carbonyl (C=O) groups excluding carboxylic acids is 2. The lowest BCUT2D eigenvalue weighted by atomic mass is 10.1. The summed E-state index contributed by atoms with van der Waals surface area (Å²) < 4.78 is 5.03. The average molecular weight is 264 g/mol. The summed E-state index contributed by atoms with van der Waals surface area (Å²) in [4.78, 5) is 22.7. The largest absolute Gasteiger partial charge is 0.445 e. The van der Waals surface area contributed by atoms with Crippen LogP contribution in [0.2, 0.25) is 0 Å². The molecule has 0 spiro atoms. The number of carbonyl (C=O) groups is 2. The fraction of sp³-hybridized carbons (Fsp3) is 0.429. The number of alkyl carbamates (subject to hydrolysis) is 1. The summed E-state index contributed by atoms with van der Waals surface area (Å²) in [5.74, 6) is -0.537. The predicted molar refractivity (Wildman–Crippen MR) is 72.3 cm³/mol. The molecule has 0 heterocycles. The summed E-state index contributed by atoms with van der Waals surface area (Å²) in [6.45, 7) is 2.18. The van der Waals surface area contributed by atoms with Gasteiger partial charge in [0.2, 0.25) is 5.91 Å². The summed E-state index contributed by atoms with van der Waals surface area (Å²) in [6.07, 6.45) is 1.67. The number of nitrogens with two attached hydrogens (primary N) is 1. The van der Waals surface area contributed by atoms with Gasteiger partial charge >= 0.3 is 6.09 Å². The Morgan fingerprint density at radius 1 is 1.32 bits per heavy atom. The van der Waals surface area contributed by atoms with Gasteiger partial charge in [0.25, 0.3) is 0 Å². The Bertz CT molecular complexity index is 406. The minimum absolute atomic E-state index is 0.173. The highest BCUT2D eigenvalue weighted by Gasteiger charge is 2.17. The number of rotatable bonds is 7. The van der Waals surface area contributed by atoms with Crippen LogP contribution in [0.4, 0.5) is 4.79 Å². The second kappa shape index (κ2) is 8.13. The number of hydrogen-bond acceptors (Lipinski definition) is 3. The van der Waals surface area contributed by atoms with Crippen LogP contribution < -0.4 is 11.1 Å². The van der Waals surface area contributed by atoms with Gasteiger partial charge in [-0.25, -0.2) is 4.79 Å². The summed E-state index contributed by atoms with van der Waals surface area (Å²) in [5, 5.41) is 2.49. The highest BCUT2D eigenvalue weighted by Crippen LogP contribution is 2.03. The molecule has 0 unspecified atom stereocenters. The third kappa shape index (κ3) is 5.90. The van der Waals surface area contributed by atoms with E-state index in [1.165, 1.54) is 0 Å². The van der Waals surface area contributed by atoms with Crippen molar-refractivity contribution in [3.8, 4) is 0 Å². The van der Waals surface area contributed by atoms with E-state index in [0.29, 0.717) is 6.42 Å². The first-order valence-corrected chi connectivity index (χ1v) is 6.40. The van der Waals surface area contributed by atoms with E-state index in [2.05, 4.69) is 5.32 Å². The van der Waals surface area contributed by atoms with E-state index < -0.39 is 18.0 Å². The van der Waals surface area contributed by atoms with Gasteiger partial charge in [0, 0.05) is 0 Å². The maximum absolute atomic E-state index is 11.6. The maximum Gasteiger partial charge on any atom is 0.408 e. The quantitative estimate of drug-likeness (QED) is 0.789. The summed E-state index contributed by atoms with van der Waals surface area (Å²) in [6, 6.07) is 8.67. The van der Waals surface area contributed by atoms with Crippen LogP contribution in [0.25, 0.3) is 0 Å². The molecule has 19 heavy (non-hydrogen) atoms. The van der Waals surface area contributed by atoms with Gasteiger partial charge in [-0.2, -0.15) is 0 Å². The molecule has 0 bridgehead atoms. The van der Waals surface area contributed by atoms with Crippen LogP contribution in [-0.4, -0.2) is 18.0 Å². The van der Waals surface area contributed by atoms with Gasteiger partial charge in [0.1, 0.15) is 12.6 Å². The molecular weight excluding hydrogens is 244 g/mol. The lowest BCUT2D eigenvalue weighted by molar-refractivity contribution is -0.120. The first kappa shape index (κ1) is 15.0. The number of primary amides is 1. The molecule has 0 fully saturated rings. The highest BCUT2D eigenvalue weighted by molar-refractivity contribution is 5.84. The third-order valence-corrected chi connectivity index (χ3v) is 2.69. The first-order chi connectivity index (χ1) is 9.13. The van der Waals surface area contributed by atoms with Gasteiger partial charge in [-0.15, -0.1) is 0 Å². The van der Waals surface area contributed by atoms with Crippen LogP contribution in [0.15, 0.2) is 30.3 Å². The third-order valence-electron chi connectivity index (χ3n) is 2.69. The number of unbranched alkanes of at least 4 members (excludes halogenated alkanes) is 1. The van der Waals surface area contributed by atoms with Gasteiger partial charge in [-0.05, 0) is 12.0 Å². The van der Waals surface area contributed by atoms with E-state index >= 15 is 0 Å². The Morgan fingerprint density at radius 2 is 2.00 bits per heavy atom. The lowest BCUT2D eigenvalue weighted by Gasteiger charge is -2.15. The summed E-state index contributed by atoms with van der Waals surface area (Å²) in [7, 11) is 0. The molecule has 5 nitrogen and oxygen atoms in total. The Balaban J connectivity index is 2.38. The van der Waals surface area contributed by atoms with Crippen LogP contribution in [0.3, 0.4) is 0 Å². The molecule has 1 aromatic carbocycles. The zero-order valence-electron chi connectivity index (χ0n) is 11.1. The molecule has 0 saturated carbocycles. The molecule has 3 N–H and O–H groups in total. The SMILES string of the molecule is CCCC[C@H](NC(=O)OCc1ccccc1)C(N)=O. The van der Waals surface area contributed by atoms with Crippen LogP contribution in [0.1, 0.15) is 31.7 Å². The molecule has 104 valence electrons. The van der Waals surface area contributed by atoms with Crippen molar-refractivity contribution in [2.45, 2.75) is 38.8 Å². The van der Waals surface area contributed by atoms with Gasteiger partial charge in [0.05, 0.1) is 0 Å². The zero-order valence-corrected chi connectivity index (χ0v) is 11.1. The molecule has 0 aromatic heterocycles. The zero-order chi connectivity index (χ0) is 14.1. The second-order valence-electron chi connectivity index (χ2n) is 4.30. The molecule has 1 aromatic rings. The molecule has 2 amide bonds. The molecule has 0 saturated heterocycles. The fourth-order valence-electron chi connectivity index (χ4n) is 1.60. The number of amides is 2. The van der Waals surface area contributed by atoms with Crippen molar-refractivity contribution in [3.05, 3.63) is 35.9 Å². The Morgan fingerprint density at radius 3 is 2.58 bits per heavy atom. The van der Waals surface area contributed by atoms with Gasteiger partial charge in [-0.1, -0.05) is 50.1 Å². The standard InChI is InChI=1S/C14H20N2O3/c1-2-3-9-12(13(15)17)16-14(18)19-10-11-7-5-4-6-8-11/h4-8,12H,2-3,9-10H2,1H3,(H2,15,17)(H,16,18)/t12-/m0/s1. The Hall–Kier alpha value is -2.04. The maximum atomic E-state index is 11.6. The van der Waals surface area contributed by atoms with Crippen LogP contribution in [-0.2, 0) is 16.1 Å². The molecule has 0 aliphatic carbocycles. The van der Waals surface area contributed by atoms with E-state index in [1.807, 2.05) is 37.3 Å². The van der Waals surface area contributed by atoms with Gasteiger partial charge in [-0.3, -0.25) is 4.79 Å². The van der Waals surface area contributed by atoms with Crippen molar-refractivity contribution in [1.82, 2.24) is 5.32 Å². The molecule has 1 rings (SSSR count). The van der Waals surface area contributed by atoms with E-state index in [1.54, 1.807) is 0 Å². The molecule has 0 radical (unpaired) electrons. The van der Waals surface area contributed by atoms with Crippen molar-refractivity contribution in [2.24, 2.45) is 5.73 Å². The number of nitrogens with one attached hydrogen (secondary N) is 1. The van der Waals surface area contributed by atoms with Crippen LogP contribution in [0, 0.1) is 0 Å². The first-order valence-electron chi connectivity index (χ1n) is 6.40. The Labute approximate surface area is 113 Å².